The summed E-state index contributed by atoms with van der Waals surface area (Å²) in [4.78, 5) is -1.29. The lowest BCUT2D eigenvalue weighted by Crippen LogP contribution is -2.19. The number of nitrogens with one attached hydrogen (secondary N) is 2. The molecule has 2 N–H and O–H groups in total. The van der Waals surface area contributed by atoms with Crippen LogP contribution in [0.1, 0.15) is 5.56 Å². The van der Waals surface area contributed by atoms with Gasteiger partial charge in [0.1, 0.15) is 5.75 Å². The van der Waals surface area contributed by atoms with Crippen molar-refractivity contribution in [1.29, 1.82) is 0 Å². The van der Waals surface area contributed by atoms with Crippen LogP contribution in [0.5, 0.6) is 5.75 Å². The second kappa shape index (κ2) is 8.71. The maximum Gasteiger partial charge on any atom is 0.417 e. The second-order valence-corrected chi connectivity index (χ2v) is 9.77. The molecule has 170 valence electrons. The Hall–Kier alpha value is -3.25. The molecule has 0 saturated carbocycles. The lowest BCUT2D eigenvalue weighted by molar-refractivity contribution is -0.139. The summed E-state index contributed by atoms with van der Waals surface area (Å²) in [5.41, 5.74) is -1.42. The van der Waals surface area contributed by atoms with Gasteiger partial charge in [-0.05, 0) is 42.5 Å². The number of benzene rings is 3. The molecular weight excluding hydrogens is 469 g/mol. The van der Waals surface area contributed by atoms with Crippen LogP contribution in [0, 0.1) is 0 Å². The van der Waals surface area contributed by atoms with E-state index >= 15 is 0 Å². The third-order valence-corrected chi connectivity index (χ3v) is 7.03. The van der Waals surface area contributed by atoms with Crippen LogP contribution in [-0.4, -0.2) is 23.9 Å². The molecule has 0 spiro atoms. The van der Waals surface area contributed by atoms with Crippen LogP contribution in [0.15, 0.2) is 82.6 Å². The summed E-state index contributed by atoms with van der Waals surface area (Å²) < 4.78 is 99.8. The molecule has 0 unspecified atom stereocenters. The third-order valence-electron chi connectivity index (χ3n) is 4.23. The fraction of sp³-hybridized carbons (Fsp3) is 0.100. The number of sulfonamides is 2. The Morgan fingerprint density at radius 1 is 0.781 bits per heavy atom. The van der Waals surface area contributed by atoms with E-state index in [4.69, 9.17) is 4.74 Å². The Morgan fingerprint density at radius 2 is 1.44 bits per heavy atom. The van der Waals surface area contributed by atoms with E-state index in [1.54, 1.807) is 18.2 Å². The summed E-state index contributed by atoms with van der Waals surface area (Å²) in [5.74, 6) is 0.261. The van der Waals surface area contributed by atoms with Crippen LogP contribution in [0.3, 0.4) is 0 Å². The van der Waals surface area contributed by atoms with E-state index in [2.05, 4.69) is 4.72 Å². The van der Waals surface area contributed by atoms with Crippen molar-refractivity contribution >= 4 is 31.4 Å². The van der Waals surface area contributed by atoms with Gasteiger partial charge in [0.15, 0.2) is 0 Å². The normalized spacial score (nSPS) is 12.2. The van der Waals surface area contributed by atoms with Crippen molar-refractivity contribution < 1.29 is 34.7 Å². The fourth-order valence-corrected chi connectivity index (χ4v) is 5.20. The first-order chi connectivity index (χ1) is 14.9. The van der Waals surface area contributed by atoms with Gasteiger partial charge in [0.25, 0.3) is 20.0 Å². The highest BCUT2D eigenvalue weighted by Crippen LogP contribution is 2.35. The Labute approximate surface area is 183 Å². The van der Waals surface area contributed by atoms with Gasteiger partial charge in [-0.2, -0.15) is 13.2 Å². The van der Waals surface area contributed by atoms with Crippen LogP contribution < -0.4 is 14.2 Å². The molecule has 12 heteroatoms. The number of hydrogen-bond acceptors (Lipinski definition) is 5. The molecule has 7 nitrogen and oxygen atoms in total. The van der Waals surface area contributed by atoms with E-state index in [0.29, 0.717) is 6.07 Å². The van der Waals surface area contributed by atoms with Gasteiger partial charge in [0, 0.05) is 0 Å². The van der Waals surface area contributed by atoms with E-state index in [9.17, 15) is 30.0 Å². The van der Waals surface area contributed by atoms with Crippen LogP contribution in [0.25, 0.3) is 0 Å². The average molecular weight is 486 g/mol. The highest BCUT2D eigenvalue weighted by molar-refractivity contribution is 7.93. The van der Waals surface area contributed by atoms with Gasteiger partial charge in [-0.25, -0.2) is 16.8 Å². The molecule has 0 aliphatic rings. The lowest BCUT2D eigenvalue weighted by atomic mass is 10.2. The minimum Gasteiger partial charge on any atom is -0.495 e. The molecule has 0 fully saturated rings. The number of halogens is 3. The van der Waals surface area contributed by atoms with Gasteiger partial charge in [-0.15, -0.1) is 0 Å². The number of anilines is 2. The van der Waals surface area contributed by atoms with Crippen molar-refractivity contribution in [1.82, 2.24) is 0 Å². The van der Waals surface area contributed by atoms with Crippen molar-refractivity contribution in [2.45, 2.75) is 16.0 Å². The zero-order valence-corrected chi connectivity index (χ0v) is 18.1. The summed E-state index contributed by atoms with van der Waals surface area (Å²) in [6.07, 6.45) is -4.89. The van der Waals surface area contributed by atoms with E-state index in [-0.39, 0.29) is 22.0 Å². The summed E-state index contributed by atoms with van der Waals surface area (Å²) in [6.45, 7) is 0. The van der Waals surface area contributed by atoms with Crippen LogP contribution in [-0.2, 0) is 26.2 Å². The molecule has 32 heavy (non-hydrogen) atoms. The molecule has 3 aromatic carbocycles. The maximum atomic E-state index is 13.2. The molecule has 0 saturated heterocycles. The summed E-state index contributed by atoms with van der Waals surface area (Å²) in [7, 11) is -7.47. The number of alkyl halides is 3. The van der Waals surface area contributed by atoms with E-state index < -0.39 is 36.7 Å². The molecule has 0 bridgehead atoms. The van der Waals surface area contributed by atoms with E-state index in [1.807, 2.05) is 4.72 Å². The molecule has 3 aromatic rings. The largest absolute Gasteiger partial charge is 0.495 e. The van der Waals surface area contributed by atoms with Crippen molar-refractivity contribution in [3.63, 3.8) is 0 Å². The molecule has 0 atom stereocenters. The first-order valence-electron chi connectivity index (χ1n) is 8.89. The van der Waals surface area contributed by atoms with Gasteiger partial charge in [0.05, 0.1) is 33.8 Å². The van der Waals surface area contributed by atoms with Crippen LogP contribution in [0.2, 0.25) is 0 Å². The molecule has 0 aromatic heterocycles. The molecule has 0 aliphatic heterocycles. The average Bonchev–Trinajstić information content (AvgIpc) is 2.73. The van der Waals surface area contributed by atoms with Gasteiger partial charge in [-0.1, -0.05) is 30.3 Å². The van der Waals surface area contributed by atoms with E-state index in [0.717, 1.165) is 24.3 Å². The quantitative estimate of drug-likeness (QED) is 0.518. The molecule has 0 aliphatic carbocycles. The van der Waals surface area contributed by atoms with Crippen LogP contribution >= 0.6 is 0 Å². The highest BCUT2D eigenvalue weighted by Gasteiger charge is 2.37. The summed E-state index contributed by atoms with van der Waals surface area (Å²) in [6, 6.07) is 14.6. The first kappa shape index (κ1) is 23.4. The maximum absolute atomic E-state index is 13.2. The smallest absolute Gasteiger partial charge is 0.417 e. The van der Waals surface area contributed by atoms with Gasteiger partial charge in [0.2, 0.25) is 0 Å². The Balaban J connectivity index is 1.93. The fourth-order valence-electron chi connectivity index (χ4n) is 2.80. The first-order valence-corrected chi connectivity index (χ1v) is 11.9. The SMILES string of the molecule is COc1ccccc1NS(=O)(=O)c1cccc(NS(=O)(=O)c2ccccc2C(F)(F)F)c1. The standard InChI is InChI=1S/C20H17F3N2O5S2/c1-30-18-11-4-3-10-17(18)25-31(26,27)15-8-6-7-14(13-15)24-32(28,29)19-12-5-2-9-16(19)20(21,22)23/h2-13,24-25H,1H3. The van der Waals surface area contributed by atoms with Crippen molar-refractivity contribution in [3.8, 4) is 5.75 Å². The monoisotopic (exact) mass is 486 g/mol. The summed E-state index contributed by atoms with van der Waals surface area (Å²) >= 11 is 0. The predicted molar refractivity (Wildman–Crippen MR) is 112 cm³/mol. The molecule has 0 heterocycles. The Morgan fingerprint density at radius 3 is 2.12 bits per heavy atom. The van der Waals surface area contributed by atoms with E-state index in [1.165, 1.54) is 31.4 Å². The zero-order chi connectivity index (χ0) is 23.6. The Kier molecular flexibility index (Phi) is 6.37. The van der Waals surface area contributed by atoms with Crippen LogP contribution in [0.4, 0.5) is 24.5 Å². The highest BCUT2D eigenvalue weighted by atomic mass is 32.2. The molecular formula is C20H17F3N2O5S2. The number of ether oxygens (including phenoxy) is 1. The minimum absolute atomic E-state index is 0.153. The molecule has 0 radical (unpaired) electrons. The lowest BCUT2D eigenvalue weighted by Gasteiger charge is -2.15. The number of rotatable bonds is 7. The van der Waals surface area contributed by atoms with Gasteiger partial charge in [-0.3, -0.25) is 9.44 Å². The third kappa shape index (κ3) is 5.14. The van der Waals surface area contributed by atoms with Gasteiger partial charge >= 0.3 is 6.18 Å². The topological polar surface area (TPSA) is 102 Å². The second-order valence-electron chi connectivity index (χ2n) is 6.43. The zero-order valence-electron chi connectivity index (χ0n) is 16.4. The van der Waals surface area contributed by atoms with Crippen molar-refractivity contribution in [2.24, 2.45) is 0 Å². The van der Waals surface area contributed by atoms with Crippen molar-refractivity contribution in [3.05, 3.63) is 78.4 Å². The minimum atomic E-state index is -4.89. The summed E-state index contributed by atoms with van der Waals surface area (Å²) in [5, 5.41) is 0. The Bertz CT molecular complexity index is 1340. The van der Waals surface area contributed by atoms with Crippen molar-refractivity contribution in [2.75, 3.05) is 16.6 Å². The predicted octanol–water partition coefficient (Wildman–Crippen LogP) is 4.32. The number of para-hydroxylation sites is 2. The molecule has 0 amide bonds. The number of hydrogen-bond donors (Lipinski definition) is 2. The number of methoxy groups -OCH3 is 1. The van der Waals surface area contributed by atoms with Gasteiger partial charge < -0.3 is 4.74 Å². The molecule has 3 rings (SSSR count).